The molecule has 1 atom stereocenters. The predicted octanol–water partition coefficient (Wildman–Crippen LogP) is 1.62. The molecule has 0 heterocycles. The molecular formula is C22H29NO7. The van der Waals surface area contributed by atoms with Crippen molar-refractivity contribution in [3.63, 3.8) is 0 Å². The molecule has 30 heavy (non-hydrogen) atoms. The zero-order chi connectivity index (χ0) is 22.4. The van der Waals surface area contributed by atoms with E-state index in [0.717, 1.165) is 24.1 Å². The second kappa shape index (κ2) is 14.2. The number of aliphatic hydroxyl groups is 2. The average molecular weight is 419 g/mol. The van der Waals surface area contributed by atoms with E-state index in [1.54, 1.807) is 0 Å². The summed E-state index contributed by atoms with van der Waals surface area (Å²) in [6, 6.07) is 20.5. The van der Waals surface area contributed by atoms with Gasteiger partial charge in [-0.15, -0.1) is 0 Å². The maximum Gasteiger partial charge on any atom is 0.414 e. The molecule has 1 unspecified atom stereocenters. The third-order valence-corrected chi connectivity index (χ3v) is 4.09. The van der Waals surface area contributed by atoms with Gasteiger partial charge >= 0.3 is 11.9 Å². The highest BCUT2D eigenvalue weighted by atomic mass is 16.5. The Bertz CT molecular complexity index is 688. The summed E-state index contributed by atoms with van der Waals surface area (Å²) in [7, 11) is 1.94. The number of carboxylic acids is 2. The van der Waals surface area contributed by atoms with Crippen molar-refractivity contribution in [1.29, 1.82) is 0 Å². The van der Waals surface area contributed by atoms with Crippen molar-refractivity contribution in [2.24, 2.45) is 0 Å². The van der Waals surface area contributed by atoms with Gasteiger partial charge in [-0.2, -0.15) is 0 Å². The van der Waals surface area contributed by atoms with E-state index in [9.17, 15) is 5.11 Å². The number of rotatable bonds is 10. The Morgan fingerprint density at radius 3 is 1.80 bits per heavy atom. The number of ether oxygens (including phenoxy) is 1. The Balaban J connectivity index is 0.000000656. The Morgan fingerprint density at radius 2 is 1.40 bits per heavy atom. The van der Waals surface area contributed by atoms with Crippen LogP contribution >= 0.6 is 0 Å². The minimum Gasteiger partial charge on any atom is -0.473 e. The van der Waals surface area contributed by atoms with Gasteiger partial charge in [-0.25, -0.2) is 9.59 Å². The van der Waals surface area contributed by atoms with Crippen molar-refractivity contribution in [1.82, 2.24) is 4.90 Å². The highest BCUT2D eigenvalue weighted by Crippen LogP contribution is 2.25. The zero-order valence-corrected chi connectivity index (χ0v) is 16.9. The molecule has 164 valence electrons. The van der Waals surface area contributed by atoms with Gasteiger partial charge in [0.25, 0.3) is 0 Å². The summed E-state index contributed by atoms with van der Waals surface area (Å²) in [6.07, 6.45) is 0.114. The monoisotopic (exact) mass is 419 g/mol. The number of carbonyl (C=O) groups is 2. The molecule has 0 saturated heterocycles. The van der Waals surface area contributed by atoms with Gasteiger partial charge in [-0.3, -0.25) is 0 Å². The predicted molar refractivity (Wildman–Crippen MR) is 111 cm³/mol. The van der Waals surface area contributed by atoms with Crippen LogP contribution in [0.3, 0.4) is 0 Å². The average Bonchev–Trinajstić information content (AvgIpc) is 2.75. The topological polar surface area (TPSA) is 128 Å². The number of carboxylic acid groups (broad SMARTS) is 2. The number of nitrogens with zero attached hydrogens (tertiary/aromatic N) is 1. The van der Waals surface area contributed by atoms with Gasteiger partial charge in [-0.1, -0.05) is 60.7 Å². The molecule has 0 aliphatic heterocycles. The van der Waals surface area contributed by atoms with Crippen LogP contribution in [0.1, 0.15) is 23.7 Å². The number of benzene rings is 2. The normalized spacial score (nSPS) is 11.6. The molecule has 4 N–H and O–H groups in total. The smallest absolute Gasteiger partial charge is 0.414 e. The van der Waals surface area contributed by atoms with Gasteiger partial charge in [0.2, 0.25) is 0 Å². The second-order valence-electron chi connectivity index (χ2n) is 6.63. The minimum absolute atomic E-state index is 0.0688. The maximum absolute atomic E-state index is 9.45. The minimum atomic E-state index is -1.82. The maximum atomic E-state index is 9.45. The van der Waals surface area contributed by atoms with Crippen molar-refractivity contribution < 1.29 is 34.8 Å². The van der Waals surface area contributed by atoms with Gasteiger partial charge in [0.1, 0.15) is 6.10 Å². The Morgan fingerprint density at radius 1 is 0.933 bits per heavy atom. The van der Waals surface area contributed by atoms with Crippen LogP contribution in [0.25, 0.3) is 0 Å². The van der Waals surface area contributed by atoms with Gasteiger partial charge in [-0.05, 0) is 24.6 Å². The molecule has 0 fully saturated rings. The van der Waals surface area contributed by atoms with E-state index >= 15 is 0 Å². The SMILES string of the molecule is CN(CCCOC(c1ccccc1)c1ccccc1)CC(O)CO.O=C(O)C(=O)O. The van der Waals surface area contributed by atoms with Gasteiger partial charge in [0.15, 0.2) is 0 Å². The zero-order valence-electron chi connectivity index (χ0n) is 16.9. The Labute approximate surface area is 176 Å². The quantitative estimate of drug-likeness (QED) is 0.338. The van der Waals surface area contributed by atoms with Crippen LogP contribution in [-0.2, 0) is 14.3 Å². The van der Waals surface area contributed by atoms with Crippen LogP contribution in [0.5, 0.6) is 0 Å². The van der Waals surface area contributed by atoms with Crippen molar-refractivity contribution in [2.75, 3.05) is 33.4 Å². The first kappa shape index (κ1) is 25.3. The fourth-order valence-electron chi connectivity index (χ4n) is 2.69. The molecule has 2 aromatic rings. The summed E-state index contributed by atoms with van der Waals surface area (Å²) in [5.74, 6) is -3.65. The van der Waals surface area contributed by atoms with Crippen LogP contribution in [0.4, 0.5) is 0 Å². The molecule has 0 bridgehead atoms. The van der Waals surface area contributed by atoms with E-state index in [1.807, 2.05) is 48.3 Å². The third-order valence-electron chi connectivity index (χ3n) is 4.09. The fourth-order valence-corrected chi connectivity index (χ4v) is 2.69. The number of likely N-dealkylation sites (N-methyl/N-ethyl adjacent to an activating group) is 1. The Kier molecular flexibility index (Phi) is 12.0. The number of aliphatic hydroxyl groups excluding tert-OH is 2. The van der Waals surface area contributed by atoms with E-state index in [1.165, 1.54) is 0 Å². The fraction of sp³-hybridized carbons (Fsp3) is 0.364. The molecule has 8 nitrogen and oxygen atoms in total. The molecule has 0 saturated carbocycles. The first-order chi connectivity index (χ1) is 14.3. The highest BCUT2D eigenvalue weighted by molar-refractivity contribution is 6.27. The Hall–Kier alpha value is -2.78. The standard InChI is InChI=1S/C20H27NO3.C2H2O4/c1-21(15-19(23)16-22)13-8-14-24-20(17-9-4-2-5-10-17)18-11-6-3-7-12-18;3-1(4)2(5)6/h2-7,9-12,19-20,22-23H,8,13-16H2,1H3;(H,3,4)(H,5,6). The molecular weight excluding hydrogens is 390 g/mol. The molecule has 0 aromatic heterocycles. The molecule has 0 amide bonds. The van der Waals surface area contributed by atoms with Gasteiger partial charge in [0, 0.05) is 19.7 Å². The molecule has 0 aliphatic rings. The highest BCUT2D eigenvalue weighted by Gasteiger charge is 2.14. The largest absolute Gasteiger partial charge is 0.473 e. The molecule has 2 rings (SSSR count). The van der Waals surface area contributed by atoms with Crippen molar-refractivity contribution in [2.45, 2.75) is 18.6 Å². The number of aliphatic carboxylic acids is 2. The van der Waals surface area contributed by atoms with Crippen LogP contribution in [0, 0.1) is 0 Å². The molecule has 0 spiro atoms. The second-order valence-corrected chi connectivity index (χ2v) is 6.63. The lowest BCUT2D eigenvalue weighted by Crippen LogP contribution is -2.32. The first-order valence-electron chi connectivity index (χ1n) is 9.50. The first-order valence-corrected chi connectivity index (χ1v) is 9.50. The summed E-state index contributed by atoms with van der Waals surface area (Å²) < 4.78 is 6.16. The van der Waals surface area contributed by atoms with Gasteiger partial charge < -0.3 is 30.1 Å². The summed E-state index contributed by atoms with van der Waals surface area (Å²) in [4.78, 5) is 20.2. The van der Waals surface area contributed by atoms with Gasteiger partial charge in [0.05, 0.1) is 12.7 Å². The van der Waals surface area contributed by atoms with Crippen LogP contribution < -0.4 is 0 Å². The number of hydrogen-bond donors (Lipinski definition) is 4. The molecule has 0 aliphatic carbocycles. The van der Waals surface area contributed by atoms with Crippen LogP contribution in [0.2, 0.25) is 0 Å². The summed E-state index contributed by atoms with van der Waals surface area (Å²) in [5, 5.41) is 33.1. The summed E-state index contributed by atoms with van der Waals surface area (Å²) in [6.45, 7) is 1.71. The number of hydrogen-bond acceptors (Lipinski definition) is 6. The van der Waals surface area contributed by atoms with E-state index in [4.69, 9.17) is 29.6 Å². The summed E-state index contributed by atoms with van der Waals surface area (Å²) >= 11 is 0. The van der Waals surface area contributed by atoms with Crippen molar-refractivity contribution >= 4 is 11.9 Å². The third kappa shape index (κ3) is 10.1. The lowest BCUT2D eigenvalue weighted by molar-refractivity contribution is -0.159. The van der Waals surface area contributed by atoms with E-state index < -0.39 is 18.0 Å². The van der Waals surface area contributed by atoms with Crippen LogP contribution in [-0.4, -0.2) is 76.7 Å². The molecule has 8 heteroatoms. The lowest BCUT2D eigenvalue weighted by Gasteiger charge is -2.21. The molecule has 0 radical (unpaired) electrons. The van der Waals surface area contributed by atoms with Crippen LogP contribution in [0.15, 0.2) is 60.7 Å². The summed E-state index contributed by atoms with van der Waals surface area (Å²) in [5.41, 5.74) is 2.29. The van der Waals surface area contributed by atoms with E-state index in [0.29, 0.717) is 13.2 Å². The van der Waals surface area contributed by atoms with E-state index in [2.05, 4.69) is 24.3 Å². The van der Waals surface area contributed by atoms with Crippen molar-refractivity contribution in [3.8, 4) is 0 Å². The molecule has 2 aromatic carbocycles. The van der Waals surface area contributed by atoms with Crippen molar-refractivity contribution in [3.05, 3.63) is 71.8 Å². The van der Waals surface area contributed by atoms with E-state index in [-0.39, 0.29) is 12.7 Å². The lowest BCUT2D eigenvalue weighted by atomic mass is 10.0.